The van der Waals surface area contributed by atoms with Crippen LogP contribution in [0.5, 0.6) is 5.75 Å². The number of nitrogens with zero attached hydrogens (tertiary/aromatic N) is 2. The molecule has 0 spiro atoms. The molecule has 0 bridgehead atoms. The van der Waals surface area contributed by atoms with Crippen molar-refractivity contribution in [2.45, 2.75) is 62.8 Å². The summed E-state index contributed by atoms with van der Waals surface area (Å²) in [5.41, 5.74) is 3.44. The number of amides is 2. The minimum absolute atomic E-state index is 0.00274. The molecule has 0 aromatic heterocycles. The van der Waals surface area contributed by atoms with E-state index in [4.69, 9.17) is 14.5 Å². The third-order valence-corrected chi connectivity index (χ3v) is 12.5. The van der Waals surface area contributed by atoms with E-state index in [1.54, 1.807) is 46.2 Å². The Bertz CT molecular complexity index is 2550. The zero-order valence-electron chi connectivity index (χ0n) is 37.4. The fourth-order valence-electron chi connectivity index (χ4n) is 8.14. The standard InChI is InChI=1S/C26H25F2NO3.C20H21BrFNO3.C6H5BFO2/c1-18(19-3-5-20(6-4-19)21-7-11-23(27)12-8-21)29-17-26(15-2-16-30,32-25(29)31)22-9-13-24(28)14-10-22;1-14(15-3-7-17(21)8-4-15)23-13-20(11-2-12-24,26-19(23)25)16-5-9-18(22)10-6-16;8-5-1-3-6(4-2-5)10-7-9/h3-14,18,30H,2,15-17H2,1H3;3-10,14,24H,2,11-13H2,1H3;1-4,9H/t18-,26?;14-,20?;/m00./s1. The third-order valence-electron chi connectivity index (χ3n) is 12.0. The zero-order valence-corrected chi connectivity index (χ0v) is 39.0. The molecule has 0 aliphatic carbocycles. The van der Waals surface area contributed by atoms with Gasteiger partial charge in [-0.25, -0.2) is 27.2 Å². The Balaban J connectivity index is 0.000000189. The smallest absolute Gasteiger partial charge is 0.537 e. The van der Waals surface area contributed by atoms with Gasteiger partial charge >= 0.3 is 19.9 Å². The van der Waals surface area contributed by atoms with Crippen molar-refractivity contribution in [3.05, 3.63) is 196 Å². The van der Waals surface area contributed by atoms with Gasteiger partial charge in [-0.1, -0.05) is 88.7 Å². The van der Waals surface area contributed by atoms with Crippen LogP contribution in [0.3, 0.4) is 0 Å². The topological polar surface area (TPSA) is 129 Å². The summed E-state index contributed by atoms with van der Waals surface area (Å²) in [6.45, 7) is 4.52. The summed E-state index contributed by atoms with van der Waals surface area (Å²) in [4.78, 5) is 28.8. The molecule has 2 amide bonds. The van der Waals surface area contributed by atoms with Crippen molar-refractivity contribution in [3.63, 3.8) is 0 Å². The van der Waals surface area contributed by atoms with Crippen molar-refractivity contribution in [3.8, 4) is 16.9 Å². The second-order valence-corrected chi connectivity index (χ2v) is 17.3. The van der Waals surface area contributed by atoms with Crippen molar-refractivity contribution in [2.24, 2.45) is 0 Å². The Kier molecular flexibility index (Phi) is 17.8. The summed E-state index contributed by atoms with van der Waals surface area (Å²) in [6, 6.07) is 38.8. The maximum atomic E-state index is 13.5. The largest absolute Gasteiger partial charge is 0.569 e. The lowest BCUT2D eigenvalue weighted by molar-refractivity contribution is 0.0404. The molecule has 2 aliphatic rings. The molecule has 355 valence electrons. The number of aliphatic hydroxyl groups excluding tert-OH is 2. The Morgan fingerprint density at radius 3 is 1.28 bits per heavy atom. The average molecular weight is 999 g/mol. The molecule has 8 rings (SSSR count). The highest BCUT2D eigenvalue weighted by Gasteiger charge is 2.49. The molecule has 2 heterocycles. The molecule has 2 saturated heterocycles. The number of ether oxygens (including phenoxy) is 2. The van der Waals surface area contributed by atoms with Crippen molar-refractivity contribution in [1.29, 1.82) is 0 Å². The fourth-order valence-corrected chi connectivity index (χ4v) is 8.41. The van der Waals surface area contributed by atoms with Crippen LogP contribution in [-0.2, 0) is 20.7 Å². The molecule has 1 radical (unpaired) electrons. The first-order chi connectivity index (χ1) is 32.7. The van der Waals surface area contributed by atoms with Crippen LogP contribution in [0.15, 0.2) is 150 Å². The van der Waals surface area contributed by atoms with Crippen LogP contribution >= 0.6 is 15.9 Å². The Morgan fingerprint density at radius 2 is 0.912 bits per heavy atom. The van der Waals surface area contributed by atoms with Gasteiger partial charge in [0.05, 0.1) is 25.2 Å². The van der Waals surface area contributed by atoms with Crippen LogP contribution in [0, 0.1) is 23.3 Å². The van der Waals surface area contributed by atoms with Crippen LogP contribution in [0.25, 0.3) is 11.1 Å². The number of halogens is 5. The van der Waals surface area contributed by atoms with Crippen molar-refractivity contribution >= 4 is 35.8 Å². The number of rotatable bonds is 15. The highest BCUT2D eigenvalue weighted by atomic mass is 79.9. The molecule has 10 nitrogen and oxygen atoms in total. The van der Waals surface area contributed by atoms with E-state index in [0.29, 0.717) is 57.8 Å². The predicted octanol–water partition coefficient (Wildman–Crippen LogP) is 11.3. The van der Waals surface area contributed by atoms with E-state index >= 15 is 0 Å². The van der Waals surface area contributed by atoms with Gasteiger partial charge in [-0.15, -0.1) is 0 Å². The molecule has 0 saturated carbocycles. The molecule has 2 fully saturated rings. The highest BCUT2D eigenvalue weighted by molar-refractivity contribution is 9.10. The molecular formula is C52H51BBrF4N2O8. The fraction of sp³-hybridized carbons (Fsp3) is 0.269. The van der Waals surface area contributed by atoms with Gasteiger partial charge in [0.25, 0.3) is 0 Å². The van der Waals surface area contributed by atoms with E-state index in [-0.39, 0.29) is 48.6 Å². The lowest BCUT2D eigenvalue weighted by Gasteiger charge is -2.28. The van der Waals surface area contributed by atoms with Crippen molar-refractivity contribution in [2.75, 3.05) is 26.3 Å². The predicted molar refractivity (Wildman–Crippen MR) is 253 cm³/mol. The van der Waals surface area contributed by atoms with Gasteiger partial charge in [0.15, 0.2) is 11.2 Å². The minimum Gasteiger partial charge on any atom is -0.537 e. The molecule has 2 aliphatic heterocycles. The van der Waals surface area contributed by atoms with E-state index in [0.717, 1.165) is 32.3 Å². The minimum atomic E-state index is -0.935. The Hall–Kier alpha value is -6.20. The number of carbonyl (C=O) groups is 2. The first kappa shape index (κ1) is 51.2. The first-order valence-electron chi connectivity index (χ1n) is 21.9. The van der Waals surface area contributed by atoms with Gasteiger partial charge in [-0.3, -0.25) is 9.80 Å². The second kappa shape index (κ2) is 23.7. The monoisotopic (exact) mass is 997 g/mol. The first-order valence-corrected chi connectivity index (χ1v) is 22.7. The number of benzene rings is 6. The Labute approximate surface area is 402 Å². The van der Waals surface area contributed by atoms with Crippen LogP contribution in [0.4, 0.5) is 27.2 Å². The molecule has 6 aromatic rings. The summed E-state index contributed by atoms with van der Waals surface area (Å²) in [7, 11) is 0.549. The SMILES string of the molecule is C[C@@H](c1ccc(-c2ccc(F)cc2)cc1)N1CC(CCCO)(c2ccc(F)cc2)OC1=O.C[C@@H](c1ccc(Br)cc1)N1CC(CCCO)(c2ccc(F)cc2)OC1=O.O[B]Oc1ccc(F)cc1. The Morgan fingerprint density at radius 1 is 0.574 bits per heavy atom. The van der Waals surface area contributed by atoms with E-state index in [1.807, 2.05) is 62.4 Å². The lowest BCUT2D eigenvalue weighted by Crippen LogP contribution is -2.33. The summed E-state index contributed by atoms with van der Waals surface area (Å²) < 4.78 is 69.3. The van der Waals surface area contributed by atoms with Crippen LogP contribution in [-0.4, -0.2) is 71.2 Å². The molecular weight excluding hydrogens is 947 g/mol. The van der Waals surface area contributed by atoms with E-state index < -0.39 is 23.4 Å². The van der Waals surface area contributed by atoms with Gasteiger partial charge < -0.3 is 29.4 Å². The van der Waals surface area contributed by atoms with Gasteiger partial charge in [-0.2, -0.15) is 0 Å². The van der Waals surface area contributed by atoms with Crippen LogP contribution in [0.1, 0.15) is 73.9 Å². The maximum Gasteiger partial charge on any atom is 0.569 e. The molecule has 16 heteroatoms. The number of hydrogen-bond donors (Lipinski definition) is 3. The number of hydrogen-bond acceptors (Lipinski definition) is 8. The molecule has 4 atom stereocenters. The van der Waals surface area contributed by atoms with E-state index in [9.17, 15) is 37.4 Å². The average Bonchev–Trinajstić information content (AvgIpc) is 3.88. The van der Waals surface area contributed by atoms with Crippen LogP contribution in [0.2, 0.25) is 0 Å². The summed E-state index contributed by atoms with van der Waals surface area (Å²) in [5.74, 6) is -0.899. The van der Waals surface area contributed by atoms with E-state index in [2.05, 4.69) is 20.6 Å². The van der Waals surface area contributed by atoms with Crippen LogP contribution < -0.4 is 4.65 Å². The third kappa shape index (κ3) is 12.9. The van der Waals surface area contributed by atoms with Crippen molar-refractivity contribution in [1.82, 2.24) is 9.80 Å². The van der Waals surface area contributed by atoms with Gasteiger partial charge in [0.1, 0.15) is 29.0 Å². The number of aliphatic hydroxyl groups is 2. The quantitative estimate of drug-likeness (QED) is 0.0685. The lowest BCUT2D eigenvalue weighted by atomic mass is 9.88. The van der Waals surface area contributed by atoms with E-state index in [1.165, 1.54) is 60.7 Å². The summed E-state index contributed by atoms with van der Waals surface area (Å²) in [6.07, 6.45) is 1.02. The zero-order chi connectivity index (χ0) is 48.8. The van der Waals surface area contributed by atoms with Gasteiger partial charge in [-0.05, 0) is 146 Å². The number of carbonyl (C=O) groups excluding carboxylic acids is 2. The highest BCUT2D eigenvalue weighted by Crippen LogP contribution is 2.42. The second-order valence-electron chi connectivity index (χ2n) is 16.4. The molecule has 3 N–H and O–H groups in total. The van der Waals surface area contributed by atoms with Gasteiger partial charge in [0, 0.05) is 17.7 Å². The molecule has 6 aromatic carbocycles. The summed E-state index contributed by atoms with van der Waals surface area (Å²) >= 11 is 3.41. The molecule has 2 unspecified atom stereocenters. The number of cyclic esters (lactones) is 2. The normalized spacial score (nSPS) is 18.3. The van der Waals surface area contributed by atoms with Crippen molar-refractivity contribution < 1.29 is 56.5 Å². The molecule has 68 heavy (non-hydrogen) atoms. The maximum absolute atomic E-state index is 13.5. The summed E-state index contributed by atoms with van der Waals surface area (Å²) in [5, 5.41) is 26.8. The van der Waals surface area contributed by atoms with Gasteiger partial charge in [0.2, 0.25) is 0 Å².